The molecule has 0 aromatic heterocycles. The van der Waals surface area contributed by atoms with Gasteiger partial charge in [0, 0.05) is 6.92 Å². The van der Waals surface area contributed by atoms with E-state index in [9.17, 15) is 86.2 Å². The van der Waals surface area contributed by atoms with E-state index in [2.05, 4.69) is 5.32 Å². The van der Waals surface area contributed by atoms with Crippen LogP contribution in [-0.4, -0.2) is 262 Å². The first-order chi connectivity index (χ1) is 27.3. The Morgan fingerprint density at radius 2 is 1.12 bits per heavy atom. The molecule has 26 nitrogen and oxygen atoms in total. The van der Waals surface area contributed by atoms with Crippen LogP contribution < -0.4 is 5.32 Å². The second kappa shape index (κ2) is 21.3. The number of nitrogens with one attached hydrogen (secondary N) is 1. The topological polar surface area (TPSA) is 423 Å². The molecular weight excluding hydrogens is 798 g/mol. The zero-order valence-corrected chi connectivity index (χ0v) is 31.1. The molecule has 1 amide bonds. The summed E-state index contributed by atoms with van der Waals surface area (Å²) in [5.41, 5.74) is 0. The summed E-state index contributed by atoms with van der Waals surface area (Å²) >= 11 is 0. The van der Waals surface area contributed by atoms with Gasteiger partial charge in [-0.1, -0.05) is 0 Å². The highest BCUT2D eigenvalue weighted by Gasteiger charge is 2.57. The van der Waals surface area contributed by atoms with Crippen LogP contribution in [0.25, 0.3) is 0 Å². The van der Waals surface area contributed by atoms with Crippen LogP contribution >= 0.6 is 0 Å². The molecule has 4 aliphatic heterocycles. The highest BCUT2D eigenvalue weighted by molar-refractivity contribution is 5.73. The largest absolute Gasteiger partial charge is 0.394 e. The first kappa shape index (κ1) is 48.9. The number of carbonyl (C=O) groups excluding carboxylic acids is 2. The van der Waals surface area contributed by atoms with Crippen molar-refractivity contribution in [2.24, 2.45) is 0 Å². The van der Waals surface area contributed by atoms with Gasteiger partial charge in [0.05, 0.1) is 32.5 Å². The van der Waals surface area contributed by atoms with Crippen molar-refractivity contribution >= 4 is 12.2 Å². The van der Waals surface area contributed by atoms with Gasteiger partial charge in [-0.05, 0) is 6.92 Å². The minimum absolute atomic E-state index is 0.123. The van der Waals surface area contributed by atoms with Crippen LogP contribution in [0.1, 0.15) is 13.8 Å². The molecule has 0 saturated carbocycles. The fourth-order valence-corrected chi connectivity index (χ4v) is 6.91. The monoisotopic (exact) mass is 853 g/mol. The molecule has 0 spiro atoms. The maximum absolute atomic E-state index is 12.7. The van der Waals surface area contributed by atoms with Gasteiger partial charge in [0.25, 0.3) is 0 Å². The molecule has 4 saturated heterocycles. The van der Waals surface area contributed by atoms with Gasteiger partial charge in [0.15, 0.2) is 31.4 Å². The Hall–Kier alpha value is -1.78. The van der Waals surface area contributed by atoms with E-state index >= 15 is 0 Å². The molecule has 58 heavy (non-hydrogen) atoms. The van der Waals surface area contributed by atoms with E-state index in [1.165, 1.54) is 6.92 Å². The molecule has 26 heteroatoms. The Morgan fingerprint density at radius 3 is 1.67 bits per heavy atom. The van der Waals surface area contributed by atoms with Crippen LogP contribution in [0.5, 0.6) is 0 Å². The van der Waals surface area contributed by atoms with E-state index in [-0.39, 0.29) is 6.29 Å². The lowest BCUT2D eigenvalue weighted by atomic mass is 9.93. The fraction of sp³-hybridized carbons (Fsp3) is 0.938. The van der Waals surface area contributed by atoms with Crippen molar-refractivity contribution in [1.29, 1.82) is 0 Å². The Kier molecular flexibility index (Phi) is 18.0. The third-order valence-corrected chi connectivity index (χ3v) is 10.2. The first-order valence-corrected chi connectivity index (χ1v) is 18.2. The van der Waals surface area contributed by atoms with Gasteiger partial charge in [0.2, 0.25) is 5.91 Å². The molecule has 24 atom stereocenters. The Balaban J connectivity index is 1.75. The SMILES string of the molecule is CC(=O)N[C@H]1[C@H](O[C@H]2[C@@H](O)[C@@H](CO)O[C@@H](O[C@@H]([C@H](O)[C@@H](O)C=O)[C@H](O)CO)[C@@H]2O)O[C@H](CO)[C@@H](O[C@@H]2O[C@@H](C)[C@@H](O)[C@@H](O)[C@@H]2O)[C@@H]1O[C@@H]1O[C@H](CO)[C@H](O)[C@H](O)[C@H]1O. The molecule has 0 unspecified atom stereocenters. The van der Waals surface area contributed by atoms with Gasteiger partial charge >= 0.3 is 0 Å². The Labute approximate surface area is 329 Å². The molecule has 0 radical (unpaired) electrons. The number of aldehydes is 1. The van der Waals surface area contributed by atoms with Gasteiger partial charge in [-0.3, -0.25) is 4.79 Å². The van der Waals surface area contributed by atoms with E-state index in [4.69, 9.17) is 37.9 Å². The highest BCUT2D eigenvalue weighted by atomic mass is 16.8. The lowest BCUT2D eigenvalue weighted by molar-refractivity contribution is -0.388. The summed E-state index contributed by atoms with van der Waals surface area (Å²) in [7, 11) is 0. The van der Waals surface area contributed by atoms with E-state index in [0.717, 1.165) is 6.92 Å². The van der Waals surface area contributed by atoms with Gasteiger partial charge in [0.1, 0.15) is 116 Å². The smallest absolute Gasteiger partial charge is 0.217 e. The summed E-state index contributed by atoms with van der Waals surface area (Å²) < 4.78 is 45.8. The standard InChI is InChI=1S/C32H55NO25/c1-8-16(42)20(46)22(48)30(51-8)56-26-14(7-38)54-29(15(33-9(2)39)27(26)57-31-23(49)21(47)18(44)12(5-36)52-31)58-28-19(45)13(6-37)53-32(24(28)50)55-25(11(41)4-35)17(43)10(40)3-34/h3,8,10-32,35-38,40-50H,4-7H2,1-2H3,(H,33,39)/t8-,10-,11+,12+,13+,14+,15+,16+,17+,18-,19-,20+,21-,22-,23+,24+,25+,26+,27+,28-,29-,30-,31-,32-/m0/s1. The fourth-order valence-electron chi connectivity index (χ4n) is 6.91. The molecule has 4 heterocycles. The zero-order valence-electron chi connectivity index (χ0n) is 31.1. The average molecular weight is 854 g/mol. The van der Waals surface area contributed by atoms with E-state index in [1.54, 1.807) is 0 Å². The summed E-state index contributed by atoms with van der Waals surface area (Å²) in [6, 6.07) is -1.78. The second-order valence-corrected chi connectivity index (χ2v) is 14.3. The van der Waals surface area contributed by atoms with Gasteiger partial charge in [-0.15, -0.1) is 0 Å². The summed E-state index contributed by atoms with van der Waals surface area (Å²) in [5.74, 6) is -0.863. The molecule has 4 fully saturated rings. The Morgan fingerprint density at radius 1 is 0.621 bits per heavy atom. The molecule has 16 N–H and O–H groups in total. The van der Waals surface area contributed by atoms with Crippen molar-refractivity contribution in [1.82, 2.24) is 5.32 Å². The van der Waals surface area contributed by atoms with E-state index in [0.29, 0.717) is 0 Å². The first-order valence-electron chi connectivity index (χ1n) is 18.2. The molecule has 338 valence electrons. The molecule has 4 rings (SSSR count). The molecule has 0 aromatic carbocycles. The van der Waals surface area contributed by atoms with Crippen LogP contribution in [0, 0.1) is 0 Å². The zero-order chi connectivity index (χ0) is 43.3. The van der Waals surface area contributed by atoms with Crippen LogP contribution in [0.2, 0.25) is 0 Å². The maximum atomic E-state index is 12.7. The second-order valence-electron chi connectivity index (χ2n) is 14.3. The van der Waals surface area contributed by atoms with E-state index in [1.807, 2.05) is 0 Å². The predicted molar refractivity (Wildman–Crippen MR) is 178 cm³/mol. The van der Waals surface area contributed by atoms with Crippen LogP contribution in [0.15, 0.2) is 0 Å². The van der Waals surface area contributed by atoms with Crippen molar-refractivity contribution in [3.63, 3.8) is 0 Å². The minimum Gasteiger partial charge on any atom is -0.394 e. The van der Waals surface area contributed by atoms with E-state index < -0.39 is 180 Å². The predicted octanol–water partition coefficient (Wildman–Crippen LogP) is -10.9. The maximum Gasteiger partial charge on any atom is 0.217 e. The van der Waals surface area contributed by atoms with Crippen molar-refractivity contribution in [2.45, 2.75) is 161 Å². The van der Waals surface area contributed by atoms with Gasteiger partial charge < -0.3 is 125 Å². The summed E-state index contributed by atoms with van der Waals surface area (Å²) in [6.07, 6.45) is -43.9. The molecule has 4 aliphatic rings. The lowest BCUT2D eigenvalue weighted by Crippen LogP contribution is -2.71. The Bertz CT molecular complexity index is 1290. The highest BCUT2D eigenvalue weighted by Crippen LogP contribution is 2.36. The number of carbonyl (C=O) groups is 2. The summed E-state index contributed by atoms with van der Waals surface area (Å²) in [4.78, 5) is 23.9. The number of ether oxygens (including phenoxy) is 8. The number of hydrogen-bond acceptors (Lipinski definition) is 25. The lowest BCUT2D eigenvalue weighted by Gasteiger charge is -2.51. The van der Waals surface area contributed by atoms with Gasteiger partial charge in [-0.25, -0.2) is 0 Å². The van der Waals surface area contributed by atoms with Crippen molar-refractivity contribution in [2.75, 3.05) is 26.4 Å². The van der Waals surface area contributed by atoms with Crippen molar-refractivity contribution in [3.05, 3.63) is 0 Å². The molecular formula is C32H55NO25. The molecule has 0 aliphatic carbocycles. The summed E-state index contributed by atoms with van der Waals surface area (Å²) in [5, 5.41) is 159. The number of rotatable bonds is 17. The third-order valence-electron chi connectivity index (χ3n) is 10.2. The van der Waals surface area contributed by atoms with Gasteiger partial charge in [-0.2, -0.15) is 0 Å². The van der Waals surface area contributed by atoms with Crippen LogP contribution in [-0.2, 0) is 47.5 Å². The number of hydrogen-bond donors (Lipinski definition) is 16. The minimum atomic E-state index is -2.23. The van der Waals surface area contributed by atoms with Crippen LogP contribution in [0.4, 0.5) is 0 Å². The third kappa shape index (κ3) is 10.6. The number of amides is 1. The normalized spacial score (nSPS) is 45.8. The van der Waals surface area contributed by atoms with Crippen molar-refractivity contribution < 1.29 is 124 Å². The quantitative estimate of drug-likeness (QED) is 0.0604. The number of aliphatic hydroxyl groups is 15. The molecule has 0 bridgehead atoms. The van der Waals surface area contributed by atoms with Crippen LogP contribution in [0.3, 0.4) is 0 Å². The number of aliphatic hydroxyl groups excluding tert-OH is 15. The van der Waals surface area contributed by atoms with Crippen molar-refractivity contribution in [3.8, 4) is 0 Å². The average Bonchev–Trinajstić information content (AvgIpc) is 3.20. The molecule has 0 aromatic rings. The summed E-state index contributed by atoms with van der Waals surface area (Å²) in [6.45, 7) is -1.74.